The Morgan fingerprint density at radius 2 is 2.46 bits per heavy atom. The minimum atomic E-state index is 0.569. The van der Waals surface area contributed by atoms with E-state index in [4.69, 9.17) is 5.73 Å². The van der Waals surface area contributed by atoms with Crippen molar-refractivity contribution in [3.8, 4) is 0 Å². The first-order chi connectivity index (χ1) is 6.29. The Kier molecular flexibility index (Phi) is 2.69. The Hall–Kier alpha value is -0.350. The minimum absolute atomic E-state index is 0.569. The van der Waals surface area contributed by atoms with Crippen molar-refractivity contribution in [2.24, 2.45) is 11.7 Å². The van der Waals surface area contributed by atoms with Crippen LogP contribution in [-0.2, 0) is 0 Å². The Morgan fingerprint density at radius 3 is 3.00 bits per heavy atom. The molecule has 2 N–H and O–H groups in total. The summed E-state index contributed by atoms with van der Waals surface area (Å²) in [6.45, 7) is 0.818. The van der Waals surface area contributed by atoms with E-state index in [1.807, 2.05) is 12.4 Å². The molecule has 0 amide bonds. The molecule has 1 aliphatic carbocycles. The molecule has 1 fully saturated rings. The molecule has 0 bridgehead atoms. The molecule has 2 atom stereocenters. The summed E-state index contributed by atoms with van der Waals surface area (Å²) < 4.78 is 3.11. The standard InChI is InChI=1S/C9H14BrN3/c10-8-5-12-13(6-8)9-2-1-7(3-9)4-11/h5-7,9H,1-4,11H2. The number of aromatic nitrogens is 2. The first-order valence-electron chi connectivity index (χ1n) is 4.69. The van der Waals surface area contributed by atoms with Gasteiger partial charge in [-0.3, -0.25) is 4.68 Å². The van der Waals surface area contributed by atoms with Gasteiger partial charge in [0.15, 0.2) is 0 Å². The van der Waals surface area contributed by atoms with E-state index >= 15 is 0 Å². The number of rotatable bonds is 2. The van der Waals surface area contributed by atoms with Crippen molar-refractivity contribution in [2.45, 2.75) is 25.3 Å². The zero-order valence-electron chi connectivity index (χ0n) is 7.49. The van der Waals surface area contributed by atoms with Gasteiger partial charge >= 0.3 is 0 Å². The molecule has 1 heterocycles. The van der Waals surface area contributed by atoms with Crippen molar-refractivity contribution in [2.75, 3.05) is 6.54 Å². The molecule has 4 heteroatoms. The number of nitrogens with two attached hydrogens (primary N) is 1. The molecule has 2 rings (SSSR count). The van der Waals surface area contributed by atoms with Crippen molar-refractivity contribution >= 4 is 15.9 Å². The van der Waals surface area contributed by atoms with E-state index < -0.39 is 0 Å². The van der Waals surface area contributed by atoms with Gasteiger partial charge in [0.25, 0.3) is 0 Å². The maximum absolute atomic E-state index is 5.64. The summed E-state index contributed by atoms with van der Waals surface area (Å²) in [7, 11) is 0. The molecule has 1 aromatic heterocycles. The van der Waals surface area contributed by atoms with Gasteiger partial charge in [-0.05, 0) is 47.7 Å². The second-order valence-electron chi connectivity index (χ2n) is 3.71. The van der Waals surface area contributed by atoms with Gasteiger partial charge in [0.1, 0.15) is 0 Å². The highest BCUT2D eigenvalue weighted by molar-refractivity contribution is 9.10. The lowest BCUT2D eigenvalue weighted by Crippen LogP contribution is -2.12. The van der Waals surface area contributed by atoms with Crippen LogP contribution in [0.1, 0.15) is 25.3 Å². The van der Waals surface area contributed by atoms with Gasteiger partial charge in [-0.15, -0.1) is 0 Å². The maximum Gasteiger partial charge on any atom is 0.0632 e. The Labute approximate surface area is 86.4 Å². The largest absolute Gasteiger partial charge is 0.330 e. The third-order valence-electron chi connectivity index (χ3n) is 2.79. The third kappa shape index (κ3) is 1.94. The van der Waals surface area contributed by atoms with Crippen molar-refractivity contribution in [3.63, 3.8) is 0 Å². The maximum atomic E-state index is 5.64. The summed E-state index contributed by atoms with van der Waals surface area (Å²) >= 11 is 3.40. The lowest BCUT2D eigenvalue weighted by Gasteiger charge is -2.10. The molecule has 1 aliphatic rings. The van der Waals surface area contributed by atoms with Crippen LogP contribution in [0.5, 0.6) is 0 Å². The molecule has 0 radical (unpaired) electrons. The number of halogens is 1. The second kappa shape index (κ2) is 3.80. The van der Waals surface area contributed by atoms with Crippen LogP contribution in [0.15, 0.2) is 16.9 Å². The molecule has 1 saturated carbocycles. The van der Waals surface area contributed by atoms with Crippen molar-refractivity contribution in [1.82, 2.24) is 9.78 Å². The van der Waals surface area contributed by atoms with Crippen LogP contribution in [0.3, 0.4) is 0 Å². The van der Waals surface area contributed by atoms with Crippen LogP contribution >= 0.6 is 15.9 Å². The van der Waals surface area contributed by atoms with E-state index in [-0.39, 0.29) is 0 Å². The smallest absolute Gasteiger partial charge is 0.0632 e. The molecule has 0 aliphatic heterocycles. The van der Waals surface area contributed by atoms with Crippen LogP contribution in [0.2, 0.25) is 0 Å². The summed E-state index contributed by atoms with van der Waals surface area (Å²) in [5.41, 5.74) is 5.64. The van der Waals surface area contributed by atoms with E-state index in [2.05, 4.69) is 25.7 Å². The average molecular weight is 244 g/mol. The van der Waals surface area contributed by atoms with E-state index in [0.29, 0.717) is 12.0 Å². The van der Waals surface area contributed by atoms with E-state index in [0.717, 1.165) is 11.0 Å². The summed E-state index contributed by atoms with van der Waals surface area (Å²) in [6.07, 6.45) is 7.54. The Balaban J connectivity index is 2.03. The van der Waals surface area contributed by atoms with Gasteiger partial charge in [-0.25, -0.2) is 0 Å². The highest BCUT2D eigenvalue weighted by atomic mass is 79.9. The number of hydrogen-bond acceptors (Lipinski definition) is 2. The topological polar surface area (TPSA) is 43.8 Å². The van der Waals surface area contributed by atoms with Crippen LogP contribution < -0.4 is 5.73 Å². The van der Waals surface area contributed by atoms with Gasteiger partial charge in [0, 0.05) is 6.20 Å². The lowest BCUT2D eigenvalue weighted by molar-refractivity contribution is 0.443. The third-order valence-corrected chi connectivity index (χ3v) is 3.20. The quantitative estimate of drug-likeness (QED) is 0.864. The molecule has 1 aromatic rings. The van der Waals surface area contributed by atoms with Gasteiger partial charge < -0.3 is 5.73 Å². The molecule has 72 valence electrons. The molecule has 0 aromatic carbocycles. The van der Waals surface area contributed by atoms with Gasteiger partial charge in [-0.2, -0.15) is 5.10 Å². The minimum Gasteiger partial charge on any atom is -0.330 e. The van der Waals surface area contributed by atoms with Gasteiger partial charge in [-0.1, -0.05) is 0 Å². The van der Waals surface area contributed by atoms with Crippen LogP contribution in [0.4, 0.5) is 0 Å². The molecule has 13 heavy (non-hydrogen) atoms. The Morgan fingerprint density at radius 1 is 1.62 bits per heavy atom. The first kappa shape index (κ1) is 9.21. The Bertz CT molecular complexity index is 284. The summed E-state index contributed by atoms with van der Waals surface area (Å²) in [4.78, 5) is 0. The van der Waals surface area contributed by atoms with Crippen LogP contribution in [0.25, 0.3) is 0 Å². The van der Waals surface area contributed by atoms with Crippen LogP contribution in [0, 0.1) is 5.92 Å². The van der Waals surface area contributed by atoms with E-state index in [1.54, 1.807) is 0 Å². The van der Waals surface area contributed by atoms with Crippen molar-refractivity contribution in [1.29, 1.82) is 0 Å². The fourth-order valence-corrected chi connectivity index (χ4v) is 2.32. The number of hydrogen-bond donors (Lipinski definition) is 1. The van der Waals surface area contributed by atoms with Gasteiger partial charge in [0.05, 0.1) is 16.7 Å². The van der Waals surface area contributed by atoms with Gasteiger partial charge in [0.2, 0.25) is 0 Å². The molecule has 0 spiro atoms. The van der Waals surface area contributed by atoms with Crippen molar-refractivity contribution in [3.05, 3.63) is 16.9 Å². The fourth-order valence-electron chi connectivity index (χ4n) is 2.02. The summed E-state index contributed by atoms with van der Waals surface area (Å²) in [6, 6.07) is 0.569. The zero-order chi connectivity index (χ0) is 9.26. The normalized spacial score (nSPS) is 28.2. The number of nitrogens with zero attached hydrogens (tertiary/aromatic N) is 2. The SMILES string of the molecule is NCC1CCC(n2cc(Br)cn2)C1. The zero-order valence-corrected chi connectivity index (χ0v) is 9.07. The lowest BCUT2D eigenvalue weighted by atomic mass is 10.1. The van der Waals surface area contributed by atoms with Crippen LogP contribution in [-0.4, -0.2) is 16.3 Å². The van der Waals surface area contributed by atoms with Crippen molar-refractivity contribution < 1.29 is 0 Å². The molecule has 3 nitrogen and oxygen atoms in total. The predicted octanol–water partition coefficient (Wildman–Crippen LogP) is 1.95. The molecular weight excluding hydrogens is 230 g/mol. The average Bonchev–Trinajstić information content (AvgIpc) is 2.71. The molecular formula is C9H14BrN3. The monoisotopic (exact) mass is 243 g/mol. The summed E-state index contributed by atoms with van der Waals surface area (Å²) in [5.74, 6) is 0.702. The summed E-state index contributed by atoms with van der Waals surface area (Å²) in [5, 5.41) is 4.30. The van der Waals surface area contributed by atoms with E-state index in [9.17, 15) is 0 Å². The molecule has 0 saturated heterocycles. The highest BCUT2D eigenvalue weighted by Gasteiger charge is 2.25. The fraction of sp³-hybridized carbons (Fsp3) is 0.667. The second-order valence-corrected chi connectivity index (χ2v) is 4.62. The predicted molar refractivity (Wildman–Crippen MR) is 55.4 cm³/mol. The van der Waals surface area contributed by atoms with E-state index in [1.165, 1.54) is 19.3 Å². The first-order valence-corrected chi connectivity index (χ1v) is 5.48. The highest BCUT2D eigenvalue weighted by Crippen LogP contribution is 2.33. The molecule has 2 unspecified atom stereocenters.